The monoisotopic (exact) mass is 368 g/mol. The molecule has 6 nitrogen and oxygen atoms in total. The number of Topliss-reactive ketones (excluding diaryl/α,β-unsaturated/α-hetero) is 1. The quantitative estimate of drug-likeness (QED) is 0.727. The predicted octanol–water partition coefficient (Wildman–Crippen LogP) is 2.68. The van der Waals surface area contributed by atoms with Crippen LogP contribution in [0.4, 0.5) is 0 Å². The van der Waals surface area contributed by atoms with Crippen LogP contribution < -0.4 is 10.1 Å². The molecule has 2 amide bonds. The topological polar surface area (TPSA) is 75.7 Å². The molecule has 0 fully saturated rings. The van der Waals surface area contributed by atoms with E-state index >= 15 is 0 Å². The molecular formula is C21H24N2O4. The van der Waals surface area contributed by atoms with Gasteiger partial charge in [0.1, 0.15) is 5.75 Å². The van der Waals surface area contributed by atoms with E-state index in [9.17, 15) is 14.4 Å². The van der Waals surface area contributed by atoms with Gasteiger partial charge < -0.3 is 15.0 Å². The van der Waals surface area contributed by atoms with Crippen molar-refractivity contribution >= 4 is 17.6 Å². The lowest BCUT2D eigenvalue weighted by Crippen LogP contribution is -2.31. The fraction of sp³-hybridized carbons (Fsp3) is 0.286. The van der Waals surface area contributed by atoms with Crippen molar-refractivity contribution in [3.8, 4) is 5.75 Å². The Morgan fingerprint density at radius 2 is 1.56 bits per heavy atom. The average molecular weight is 368 g/mol. The number of rotatable bonds is 8. The van der Waals surface area contributed by atoms with Crippen molar-refractivity contribution in [2.45, 2.75) is 19.9 Å². The molecule has 2 rings (SSSR count). The summed E-state index contributed by atoms with van der Waals surface area (Å²) >= 11 is 0. The number of nitrogens with zero attached hydrogens (tertiary/aromatic N) is 1. The lowest BCUT2D eigenvalue weighted by atomic mass is 10.1. The summed E-state index contributed by atoms with van der Waals surface area (Å²) in [6.45, 7) is 2.14. The van der Waals surface area contributed by atoms with E-state index in [4.69, 9.17) is 4.74 Å². The number of likely N-dealkylation sites (N-methyl/N-ethyl adjacent to an activating group) is 1. The molecule has 0 saturated heterocycles. The van der Waals surface area contributed by atoms with Crippen molar-refractivity contribution in [2.75, 3.05) is 20.7 Å². The zero-order valence-electron chi connectivity index (χ0n) is 15.8. The van der Waals surface area contributed by atoms with Gasteiger partial charge in [-0.15, -0.1) is 0 Å². The van der Waals surface area contributed by atoms with Crippen LogP contribution in [0.25, 0.3) is 0 Å². The molecule has 142 valence electrons. The van der Waals surface area contributed by atoms with Gasteiger partial charge in [-0.1, -0.05) is 19.1 Å². The first kappa shape index (κ1) is 20.2. The van der Waals surface area contributed by atoms with Gasteiger partial charge in [0.25, 0.3) is 11.8 Å². The van der Waals surface area contributed by atoms with Crippen molar-refractivity contribution < 1.29 is 19.1 Å². The number of carbonyl (C=O) groups excluding carboxylic acids is 3. The molecule has 0 bridgehead atoms. The van der Waals surface area contributed by atoms with Crippen LogP contribution in [0.3, 0.4) is 0 Å². The lowest BCUT2D eigenvalue weighted by molar-refractivity contribution is -0.132. The zero-order chi connectivity index (χ0) is 19.8. The van der Waals surface area contributed by atoms with Crippen molar-refractivity contribution in [2.24, 2.45) is 0 Å². The van der Waals surface area contributed by atoms with Gasteiger partial charge in [0.15, 0.2) is 12.4 Å². The summed E-state index contributed by atoms with van der Waals surface area (Å²) in [5.74, 6) is 0.296. The molecule has 27 heavy (non-hydrogen) atoms. The third-order valence-corrected chi connectivity index (χ3v) is 4.15. The summed E-state index contributed by atoms with van der Waals surface area (Å²) in [6.07, 6.45) is 0.452. The summed E-state index contributed by atoms with van der Waals surface area (Å²) in [4.78, 5) is 37.0. The molecular weight excluding hydrogens is 344 g/mol. The predicted molar refractivity (Wildman–Crippen MR) is 103 cm³/mol. The first-order valence-electron chi connectivity index (χ1n) is 8.75. The molecule has 1 N–H and O–H groups in total. The van der Waals surface area contributed by atoms with Crippen molar-refractivity contribution in [1.82, 2.24) is 10.2 Å². The molecule has 0 aliphatic rings. The molecule has 0 aromatic heterocycles. The van der Waals surface area contributed by atoms with Crippen molar-refractivity contribution in [3.05, 3.63) is 65.2 Å². The Morgan fingerprint density at radius 3 is 2.11 bits per heavy atom. The van der Waals surface area contributed by atoms with Crippen LogP contribution in [0.15, 0.2) is 48.5 Å². The molecule has 2 aromatic carbocycles. The Balaban J connectivity index is 1.86. The van der Waals surface area contributed by atoms with Crippen molar-refractivity contribution in [1.29, 1.82) is 0 Å². The maximum absolute atomic E-state index is 12.2. The highest BCUT2D eigenvalue weighted by Gasteiger charge is 2.11. The van der Waals surface area contributed by atoms with Gasteiger partial charge in [-0.2, -0.15) is 0 Å². The fourth-order valence-corrected chi connectivity index (χ4v) is 2.46. The molecule has 0 radical (unpaired) electrons. The molecule has 0 heterocycles. The minimum absolute atomic E-state index is 0.0693. The van der Waals surface area contributed by atoms with E-state index in [1.54, 1.807) is 55.4 Å². The van der Waals surface area contributed by atoms with Crippen LogP contribution in [0.5, 0.6) is 5.75 Å². The van der Waals surface area contributed by atoms with E-state index in [-0.39, 0.29) is 24.2 Å². The number of ketones is 1. The van der Waals surface area contributed by atoms with Crippen molar-refractivity contribution in [3.63, 3.8) is 0 Å². The molecule has 0 atom stereocenters. The van der Waals surface area contributed by atoms with Crippen LogP contribution in [0.1, 0.15) is 39.6 Å². The number of benzene rings is 2. The maximum Gasteiger partial charge on any atom is 0.260 e. The summed E-state index contributed by atoms with van der Waals surface area (Å²) in [5, 5.41) is 2.57. The van der Waals surface area contributed by atoms with Crippen LogP contribution in [-0.2, 0) is 11.3 Å². The Kier molecular flexibility index (Phi) is 7.11. The lowest BCUT2D eigenvalue weighted by Gasteiger charge is -2.18. The number of ether oxygens (including phenoxy) is 1. The number of carbonyl (C=O) groups is 3. The number of hydrogen-bond acceptors (Lipinski definition) is 4. The van der Waals surface area contributed by atoms with E-state index in [0.717, 1.165) is 5.56 Å². The standard InChI is InChI=1S/C21H24N2O4/c1-4-19(24)16-9-11-18(12-10-16)27-14-20(25)23(3)13-15-5-7-17(8-6-15)21(26)22-2/h5-12H,4,13-14H2,1-3H3,(H,22,26). The number of hydrogen-bond donors (Lipinski definition) is 1. The Morgan fingerprint density at radius 1 is 0.963 bits per heavy atom. The van der Waals surface area contributed by atoms with Gasteiger partial charge in [-0.25, -0.2) is 0 Å². The third kappa shape index (κ3) is 5.67. The van der Waals surface area contributed by atoms with E-state index in [2.05, 4.69) is 5.32 Å². The Hall–Kier alpha value is -3.15. The van der Waals surface area contributed by atoms with E-state index in [0.29, 0.717) is 29.8 Å². The first-order chi connectivity index (χ1) is 12.9. The van der Waals surface area contributed by atoms with Gasteiger partial charge in [-0.05, 0) is 42.0 Å². The third-order valence-electron chi connectivity index (χ3n) is 4.15. The normalized spacial score (nSPS) is 10.2. The zero-order valence-corrected chi connectivity index (χ0v) is 15.8. The van der Waals surface area contributed by atoms with Gasteiger partial charge >= 0.3 is 0 Å². The number of amides is 2. The van der Waals surface area contributed by atoms with E-state index in [1.165, 1.54) is 0 Å². The minimum atomic E-state index is -0.168. The van der Waals surface area contributed by atoms with Gasteiger partial charge in [-0.3, -0.25) is 14.4 Å². The van der Waals surface area contributed by atoms with E-state index < -0.39 is 0 Å². The average Bonchev–Trinajstić information content (AvgIpc) is 2.71. The highest BCUT2D eigenvalue weighted by Crippen LogP contribution is 2.14. The minimum Gasteiger partial charge on any atom is -0.484 e. The second-order valence-corrected chi connectivity index (χ2v) is 6.12. The highest BCUT2D eigenvalue weighted by molar-refractivity contribution is 5.96. The highest BCUT2D eigenvalue weighted by atomic mass is 16.5. The fourth-order valence-electron chi connectivity index (χ4n) is 2.46. The van der Waals surface area contributed by atoms with Gasteiger partial charge in [0, 0.05) is 38.2 Å². The Labute approximate surface area is 159 Å². The first-order valence-corrected chi connectivity index (χ1v) is 8.75. The Bertz CT molecular complexity index is 798. The van der Waals surface area contributed by atoms with Gasteiger partial charge in [0.05, 0.1) is 0 Å². The molecule has 0 aliphatic heterocycles. The van der Waals surface area contributed by atoms with E-state index in [1.807, 2.05) is 19.1 Å². The molecule has 0 aliphatic carbocycles. The van der Waals surface area contributed by atoms with Crippen LogP contribution in [-0.4, -0.2) is 43.2 Å². The summed E-state index contributed by atoms with van der Waals surface area (Å²) < 4.78 is 5.50. The summed E-state index contributed by atoms with van der Waals surface area (Å²) in [6, 6.07) is 13.9. The SMILES string of the molecule is CCC(=O)c1ccc(OCC(=O)N(C)Cc2ccc(C(=O)NC)cc2)cc1. The molecule has 6 heteroatoms. The second-order valence-electron chi connectivity index (χ2n) is 6.12. The molecule has 0 spiro atoms. The molecule has 0 unspecified atom stereocenters. The molecule has 0 saturated carbocycles. The second kappa shape index (κ2) is 9.52. The molecule has 2 aromatic rings. The largest absolute Gasteiger partial charge is 0.484 e. The van der Waals surface area contributed by atoms with Crippen LogP contribution >= 0.6 is 0 Å². The summed E-state index contributed by atoms with van der Waals surface area (Å²) in [5.41, 5.74) is 2.12. The smallest absolute Gasteiger partial charge is 0.260 e. The van der Waals surface area contributed by atoms with Crippen LogP contribution in [0.2, 0.25) is 0 Å². The van der Waals surface area contributed by atoms with Gasteiger partial charge in [0.2, 0.25) is 0 Å². The maximum atomic E-state index is 12.2. The van der Waals surface area contributed by atoms with Crippen LogP contribution in [0, 0.1) is 0 Å². The summed E-state index contributed by atoms with van der Waals surface area (Å²) in [7, 11) is 3.28. The number of nitrogens with one attached hydrogen (secondary N) is 1.